The molecule has 4 aromatic rings. The smallest absolute Gasteiger partial charge is 0.251 e. The number of aryl methyl sites for hydroxylation is 1. The van der Waals surface area contributed by atoms with E-state index >= 15 is 0 Å². The number of phenols is 1. The maximum absolute atomic E-state index is 12.8. The lowest BCUT2D eigenvalue weighted by molar-refractivity contribution is 0.0953. The highest BCUT2D eigenvalue weighted by Crippen LogP contribution is 2.23. The first-order chi connectivity index (χ1) is 17.1. The summed E-state index contributed by atoms with van der Waals surface area (Å²) in [6.07, 6.45) is 8.83. The number of hydrogen-bond acceptors (Lipinski definition) is 3. The maximum atomic E-state index is 12.8. The van der Waals surface area contributed by atoms with Crippen molar-refractivity contribution in [3.63, 3.8) is 0 Å². The minimum atomic E-state index is -0.0461. The quantitative estimate of drug-likeness (QED) is 0.217. The average Bonchev–Trinajstić information content (AvgIpc) is 3.28. The van der Waals surface area contributed by atoms with E-state index in [1.807, 2.05) is 36.5 Å². The van der Waals surface area contributed by atoms with E-state index in [1.54, 1.807) is 12.1 Å². The third kappa shape index (κ3) is 6.61. The molecule has 0 aliphatic heterocycles. The Hall–Kier alpha value is -3.83. The van der Waals surface area contributed by atoms with Gasteiger partial charge in [-0.15, -0.1) is 0 Å². The molecule has 0 atom stereocenters. The van der Waals surface area contributed by atoms with Crippen LogP contribution in [0, 0.1) is 0 Å². The number of carbonyl (C=O) groups excluding carboxylic acids is 1. The Morgan fingerprint density at radius 2 is 1.83 bits per heavy atom. The van der Waals surface area contributed by atoms with Gasteiger partial charge in [0.1, 0.15) is 5.75 Å². The molecular weight excluding hydrogens is 434 g/mol. The average molecular weight is 468 g/mol. The van der Waals surface area contributed by atoms with Gasteiger partial charge in [0.15, 0.2) is 0 Å². The summed E-state index contributed by atoms with van der Waals surface area (Å²) in [6, 6.07) is 21.6. The van der Waals surface area contributed by atoms with Crippen molar-refractivity contribution < 1.29 is 9.90 Å². The van der Waals surface area contributed by atoms with Gasteiger partial charge in [-0.3, -0.25) is 4.79 Å². The second-order valence-electron chi connectivity index (χ2n) is 8.67. The normalized spacial score (nSPS) is 11.3. The number of hydrogen-bond donors (Lipinski definition) is 4. The van der Waals surface area contributed by atoms with E-state index in [0.29, 0.717) is 18.7 Å². The van der Waals surface area contributed by atoms with Crippen LogP contribution in [0.5, 0.6) is 5.75 Å². The van der Waals surface area contributed by atoms with Crippen LogP contribution >= 0.6 is 0 Å². The molecule has 5 heteroatoms. The van der Waals surface area contributed by atoms with Gasteiger partial charge in [-0.2, -0.15) is 0 Å². The van der Waals surface area contributed by atoms with E-state index in [-0.39, 0.29) is 11.7 Å². The van der Waals surface area contributed by atoms with Crippen LogP contribution in [0.15, 0.2) is 79.0 Å². The van der Waals surface area contributed by atoms with E-state index in [4.69, 9.17) is 0 Å². The summed E-state index contributed by atoms with van der Waals surface area (Å²) in [7, 11) is 0. The lowest BCUT2D eigenvalue weighted by Crippen LogP contribution is -2.26. The molecule has 0 fully saturated rings. The molecule has 3 aromatic carbocycles. The number of nitrogens with one attached hydrogen (secondary N) is 3. The Labute approximate surface area is 206 Å². The summed E-state index contributed by atoms with van der Waals surface area (Å²) in [4.78, 5) is 16.0. The standard InChI is InChI=1S/C30H33N3O2/c1-2-22-10-12-23(13-11-22)7-5-6-17-32-30(35)27-9-4-3-8-24(27)20-31-18-16-25-21-33-29-15-14-26(34)19-28(25)29/h3-5,7-15,19,21,31,33-34H,2,6,16-18,20H2,1H3,(H,32,35). The SMILES string of the molecule is CCc1ccc(C=CCCNC(=O)c2ccccc2CNCCc2c[nH]c3ccc(O)cc23)cc1. The fourth-order valence-corrected chi connectivity index (χ4v) is 4.16. The summed E-state index contributed by atoms with van der Waals surface area (Å²) in [5.41, 5.74) is 6.37. The van der Waals surface area contributed by atoms with Gasteiger partial charge < -0.3 is 20.7 Å². The fourth-order valence-electron chi connectivity index (χ4n) is 4.16. The lowest BCUT2D eigenvalue weighted by atomic mass is 10.1. The fraction of sp³-hybridized carbons (Fsp3) is 0.233. The molecule has 4 rings (SSSR count). The third-order valence-electron chi connectivity index (χ3n) is 6.19. The number of H-pyrrole nitrogens is 1. The lowest BCUT2D eigenvalue weighted by Gasteiger charge is -2.11. The van der Waals surface area contributed by atoms with E-state index in [0.717, 1.165) is 47.8 Å². The summed E-state index contributed by atoms with van der Waals surface area (Å²) in [5.74, 6) is 0.225. The van der Waals surface area contributed by atoms with Gasteiger partial charge in [-0.25, -0.2) is 0 Å². The highest BCUT2D eigenvalue weighted by molar-refractivity contribution is 5.95. The van der Waals surface area contributed by atoms with E-state index in [9.17, 15) is 9.90 Å². The summed E-state index contributed by atoms with van der Waals surface area (Å²) < 4.78 is 0. The summed E-state index contributed by atoms with van der Waals surface area (Å²) in [5, 5.41) is 17.3. The minimum absolute atomic E-state index is 0.0461. The number of aromatic nitrogens is 1. The van der Waals surface area contributed by atoms with Gasteiger partial charge in [0, 0.05) is 35.8 Å². The minimum Gasteiger partial charge on any atom is -0.508 e. The maximum Gasteiger partial charge on any atom is 0.251 e. The second-order valence-corrected chi connectivity index (χ2v) is 8.67. The van der Waals surface area contributed by atoms with Gasteiger partial charge >= 0.3 is 0 Å². The Kier molecular flexibility index (Phi) is 8.36. The van der Waals surface area contributed by atoms with Crippen LogP contribution in [0.1, 0.15) is 46.0 Å². The van der Waals surface area contributed by atoms with Crippen LogP contribution in [-0.2, 0) is 19.4 Å². The van der Waals surface area contributed by atoms with Gasteiger partial charge in [-0.1, -0.05) is 61.5 Å². The van der Waals surface area contributed by atoms with Crippen LogP contribution in [0.25, 0.3) is 17.0 Å². The number of phenolic OH excluding ortho intramolecular Hbond substituents is 1. The topological polar surface area (TPSA) is 77.2 Å². The molecule has 1 heterocycles. The van der Waals surface area contributed by atoms with Crippen molar-refractivity contribution in [2.45, 2.75) is 32.7 Å². The summed E-state index contributed by atoms with van der Waals surface area (Å²) in [6.45, 7) is 4.13. The zero-order valence-electron chi connectivity index (χ0n) is 20.2. The molecule has 0 spiro atoms. The molecule has 180 valence electrons. The van der Waals surface area contributed by atoms with Crippen molar-refractivity contribution in [1.29, 1.82) is 0 Å². The molecule has 1 aromatic heterocycles. The number of benzene rings is 3. The Bertz CT molecular complexity index is 1290. The van der Waals surface area contributed by atoms with Crippen LogP contribution in [0.2, 0.25) is 0 Å². The molecule has 0 bridgehead atoms. The molecule has 4 N–H and O–H groups in total. The largest absolute Gasteiger partial charge is 0.508 e. The third-order valence-corrected chi connectivity index (χ3v) is 6.19. The van der Waals surface area contributed by atoms with Crippen LogP contribution < -0.4 is 10.6 Å². The van der Waals surface area contributed by atoms with Gasteiger partial charge in [0.2, 0.25) is 0 Å². The van der Waals surface area contributed by atoms with E-state index in [2.05, 4.69) is 59.0 Å². The van der Waals surface area contributed by atoms with Crippen LogP contribution in [0.3, 0.4) is 0 Å². The van der Waals surface area contributed by atoms with E-state index in [1.165, 1.54) is 11.1 Å². The van der Waals surface area contributed by atoms with Crippen LogP contribution in [0.4, 0.5) is 0 Å². The first-order valence-corrected chi connectivity index (χ1v) is 12.3. The van der Waals surface area contributed by atoms with Crippen molar-refractivity contribution in [2.75, 3.05) is 13.1 Å². The molecule has 5 nitrogen and oxygen atoms in total. The monoisotopic (exact) mass is 467 g/mol. The highest BCUT2D eigenvalue weighted by atomic mass is 16.3. The molecule has 0 saturated carbocycles. The van der Waals surface area contributed by atoms with Gasteiger partial charge in [-0.05, 0) is 72.3 Å². The zero-order valence-corrected chi connectivity index (χ0v) is 20.2. The number of rotatable bonds is 11. The highest BCUT2D eigenvalue weighted by Gasteiger charge is 2.10. The van der Waals surface area contributed by atoms with Crippen molar-refractivity contribution in [1.82, 2.24) is 15.6 Å². The van der Waals surface area contributed by atoms with Crippen molar-refractivity contribution in [3.05, 3.63) is 107 Å². The molecule has 0 aliphatic rings. The first kappa shape index (κ1) is 24.3. The molecular formula is C30H33N3O2. The Morgan fingerprint density at radius 1 is 1.00 bits per heavy atom. The van der Waals surface area contributed by atoms with Gasteiger partial charge in [0.05, 0.1) is 0 Å². The molecule has 0 unspecified atom stereocenters. The predicted molar refractivity (Wildman–Crippen MR) is 144 cm³/mol. The molecule has 35 heavy (non-hydrogen) atoms. The van der Waals surface area contributed by atoms with Gasteiger partial charge in [0.25, 0.3) is 5.91 Å². The first-order valence-electron chi connectivity index (χ1n) is 12.3. The van der Waals surface area contributed by atoms with Crippen LogP contribution in [-0.4, -0.2) is 29.1 Å². The van der Waals surface area contributed by atoms with Crippen molar-refractivity contribution >= 4 is 22.9 Å². The molecule has 0 radical (unpaired) electrons. The molecule has 1 amide bonds. The Morgan fingerprint density at radius 3 is 2.66 bits per heavy atom. The number of amides is 1. The molecule has 0 saturated heterocycles. The number of aromatic amines is 1. The predicted octanol–water partition coefficient (Wildman–Crippen LogP) is 5.60. The summed E-state index contributed by atoms with van der Waals surface area (Å²) >= 11 is 0. The zero-order chi connectivity index (χ0) is 24.5. The van der Waals surface area contributed by atoms with E-state index < -0.39 is 0 Å². The second kappa shape index (κ2) is 12.0. The van der Waals surface area contributed by atoms with Crippen molar-refractivity contribution in [2.24, 2.45) is 0 Å². The number of aromatic hydroxyl groups is 1. The number of carbonyl (C=O) groups is 1. The number of fused-ring (bicyclic) bond motifs is 1. The van der Waals surface area contributed by atoms with Crippen molar-refractivity contribution in [3.8, 4) is 5.75 Å². The molecule has 0 aliphatic carbocycles. The Balaban J connectivity index is 1.24.